The maximum absolute atomic E-state index is 12.2. The lowest BCUT2D eigenvalue weighted by Crippen LogP contribution is -2.49. The van der Waals surface area contributed by atoms with E-state index in [1.807, 2.05) is 30.3 Å². The van der Waals surface area contributed by atoms with E-state index in [4.69, 9.17) is 4.74 Å². The summed E-state index contributed by atoms with van der Waals surface area (Å²) >= 11 is 0. The van der Waals surface area contributed by atoms with Gasteiger partial charge in [0.25, 0.3) is 0 Å². The Labute approximate surface area is 166 Å². The zero-order chi connectivity index (χ0) is 20.6. The molecule has 152 valence electrons. The summed E-state index contributed by atoms with van der Waals surface area (Å²) in [5, 5.41) is 5.45. The third-order valence-corrected chi connectivity index (χ3v) is 4.20. The minimum absolute atomic E-state index is 0.0378. The zero-order valence-electron chi connectivity index (χ0n) is 16.7. The Hall–Kier alpha value is -2.83. The van der Waals surface area contributed by atoms with E-state index in [0.717, 1.165) is 5.56 Å². The maximum Gasteiger partial charge on any atom is 0.408 e. The normalized spacial score (nSPS) is 15.3. The van der Waals surface area contributed by atoms with Gasteiger partial charge in [0.2, 0.25) is 11.8 Å². The summed E-state index contributed by atoms with van der Waals surface area (Å²) in [4.78, 5) is 37.6. The van der Waals surface area contributed by atoms with Crippen LogP contribution in [0, 0.1) is 0 Å². The lowest BCUT2D eigenvalue weighted by molar-refractivity contribution is -0.131. The molecule has 7 heteroatoms. The van der Waals surface area contributed by atoms with Gasteiger partial charge in [-0.1, -0.05) is 30.3 Å². The number of piperidine rings is 1. The molecule has 0 bridgehead atoms. The number of alkyl carbamates (subject to hydrolysis) is 1. The number of benzene rings is 1. The van der Waals surface area contributed by atoms with Gasteiger partial charge in [0.05, 0.1) is 0 Å². The molecule has 1 heterocycles. The van der Waals surface area contributed by atoms with Crippen LogP contribution in [0.3, 0.4) is 0 Å². The first-order valence-corrected chi connectivity index (χ1v) is 9.51. The third kappa shape index (κ3) is 7.82. The highest BCUT2D eigenvalue weighted by Gasteiger charge is 2.24. The lowest BCUT2D eigenvalue weighted by Gasteiger charge is -2.32. The van der Waals surface area contributed by atoms with Gasteiger partial charge in [-0.15, -0.1) is 0 Å². The van der Waals surface area contributed by atoms with E-state index >= 15 is 0 Å². The second-order valence-corrected chi connectivity index (χ2v) is 7.76. The predicted octanol–water partition coefficient (Wildman–Crippen LogP) is 2.33. The molecule has 0 aromatic heterocycles. The Morgan fingerprint density at radius 3 is 2.39 bits per heavy atom. The number of nitrogens with zero attached hydrogens (tertiary/aromatic N) is 1. The summed E-state index contributed by atoms with van der Waals surface area (Å²) in [7, 11) is 0. The molecule has 0 saturated carbocycles. The van der Waals surface area contributed by atoms with E-state index in [1.165, 1.54) is 6.08 Å². The van der Waals surface area contributed by atoms with Crippen LogP contribution in [0.1, 0.15) is 39.2 Å². The quantitative estimate of drug-likeness (QED) is 0.759. The molecule has 0 spiro atoms. The Balaban J connectivity index is 1.69. The van der Waals surface area contributed by atoms with Crippen molar-refractivity contribution in [2.24, 2.45) is 0 Å². The van der Waals surface area contributed by atoms with E-state index in [0.29, 0.717) is 25.9 Å². The molecule has 1 aliphatic heterocycles. The van der Waals surface area contributed by atoms with Gasteiger partial charge in [-0.2, -0.15) is 0 Å². The Kier molecular flexibility index (Phi) is 7.61. The number of nitrogens with one attached hydrogen (secondary N) is 2. The summed E-state index contributed by atoms with van der Waals surface area (Å²) in [6.07, 6.45) is 4.06. The Morgan fingerprint density at radius 1 is 1.14 bits per heavy atom. The maximum atomic E-state index is 12.2. The second kappa shape index (κ2) is 9.92. The molecule has 2 rings (SSSR count). The van der Waals surface area contributed by atoms with Crippen molar-refractivity contribution in [3.63, 3.8) is 0 Å². The molecule has 1 aromatic carbocycles. The Bertz CT molecular complexity index is 702. The fourth-order valence-corrected chi connectivity index (χ4v) is 2.83. The van der Waals surface area contributed by atoms with E-state index in [1.54, 1.807) is 31.7 Å². The summed E-state index contributed by atoms with van der Waals surface area (Å²) in [6, 6.07) is 9.66. The largest absolute Gasteiger partial charge is 0.444 e. The van der Waals surface area contributed by atoms with Crippen molar-refractivity contribution >= 4 is 24.0 Å². The number of hydrogen-bond acceptors (Lipinski definition) is 4. The summed E-state index contributed by atoms with van der Waals surface area (Å²) < 4.78 is 5.12. The molecular formula is C21H29N3O4. The van der Waals surface area contributed by atoms with Crippen LogP contribution in [0.5, 0.6) is 0 Å². The summed E-state index contributed by atoms with van der Waals surface area (Å²) in [5.41, 5.74) is 0.370. The first kappa shape index (κ1) is 21.5. The number of hydrogen-bond donors (Lipinski definition) is 2. The van der Waals surface area contributed by atoms with Gasteiger partial charge in [0, 0.05) is 25.2 Å². The standard InChI is InChI=1S/C21H29N3O4/c1-21(2,3)28-20(27)22-15-19(26)24-13-11-17(12-14-24)23-18(25)10-9-16-7-5-4-6-8-16/h4-10,17H,11-15H2,1-3H3,(H,22,27)(H,23,25)/b10-9+. The molecule has 0 aliphatic carbocycles. The molecule has 3 amide bonds. The fraction of sp³-hybridized carbons (Fsp3) is 0.476. The van der Waals surface area contributed by atoms with Gasteiger partial charge < -0.3 is 20.3 Å². The highest BCUT2D eigenvalue weighted by molar-refractivity contribution is 5.92. The number of rotatable bonds is 5. The molecule has 2 N–H and O–H groups in total. The van der Waals surface area contributed by atoms with Crippen LogP contribution in [-0.4, -0.2) is 54.1 Å². The van der Waals surface area contributed by atoms with Gasteiger partial charge >= 0.3 is 6.09 Å². The van der Waals surface area contributed by atoms with Gasteiger partial charge in [0.15, 0.2) is 0 Å². The average Bonchev–Trinajstić information content (AvgIpc) is 2.64. The molecule has 1 fully saturated rings. The van der Waals surface area contributed by atoms with Crippen molar-refractivity contribution in [2.75, 3.05) is 19.6 Å². The van der Waals surface area contributed by atoms with Crippen LogP contribution in [0.2, 0.25) is 0 Å². The topological polar surface area (TPSA) is 87.7 Å². The van der Waals surface area contributed by atoms with Gasteiger partial charge in [-0.05, 0) is 45.3 Å². The smallest absolute Gasteiger partial charge is 0.408 e. The number of likely N-dealkylation sites (tertiary alicyclic amines) is 1. The van der Waals surface area contributed by atoms with E-state index in [-0.39, 0.29) is 24.4 Å². The first-order valence-electron chi connectivity index (χ1n) is 9.51. The van der Waals surface area contributed by atoms with Crippen LogP contribution < -0.4 is 10.6 Å². The number of carbonyl (C=O) groups excluding carboxylic acids is 3. The van der Waals surface area contributed by atoms with Crippen LogP contribution in [0.15, 0.2) is 36.4 Å². The number of ether oxygens (including phenoxy) is 1. The molecule has 28 heavy (non-hydrogen) atoms. The molecular weight excluding hydrogens is 358 g/mol. The molecule has 1 aromatic rings. The molecule has 0 atom stereocenters. The Morgan fingerprint density at radius 2 is 1.79 bits per heavy atom. The monoisotopic (exact) mass is 387 g/mol. The van der Waals surface area contributed by atoms with Crippen molar-refractivity contribution in [2.45, 2.75) is 45.3 Å². The fourth-order valence-electron chi connectivity index (χ4n) is 2.83. The van der Waals surface area contributed by atoms with Crippen molar-refractivity contribution in [1.82, 2.24) is 15.5 Å². The number of amides is 3. The highest BCUT2D eigenvalue weighted by atomic mass is 16.6. The summed E-state index contributed by atoms with van der Waals surface area (Å²) in [6.45, 7) is 6.30. The van der Waals surface area contributed by atoms with E-state index < -0.39 is 11.7 Å². The van der Waals surface area contributed by atoms with Gasteiger partial charge in [-0.3, -0.25) is 9.59 Å². The minimum atomic E-state index is -0.604. The molecule has 1 saturated heterocycles. The van der Waals surface area contributed by atoms with Crippen molar-refractivity contribution in [3.8, 4) is 0 Å². The van der Waals surface area contributed by atoms with Crippen molar-refractivity contribution in [3.05, 3.63) is 42.0 Å². The lowest BCUT2D eigenvalue weighted by atomic mass is 10.0. The van der Waals surface area contributed by atoms with Crippen molar-refractivity contribution in [1.29, 1.82) is 0 Å². The van der Waals surface area contributed by atoms with Gasteiger partial charge in [0.1, 0.15) is 12.1 Å². The van der Waals surface area contributed by atoms with Gasteiger partial charge in [-0.25, -0.2) is 4.79 Å². The van der Waals surface area contributed by atoms with Crippen LogP contribution in [0.4, 0.5) is 4.79 Å². The average molecular weight is 387 g/mol. The second-order valence-electron chi connectivity index (χ2n) is 7.76. The van der Waals surface area contributed by atoms with Crippen LogP contribution >= 0.6 is 0 Å². The molecule has 7 nitrogen and oxygen atoms in total. The predicted molar refractivity (Wildman–Crippen MR) is 107 cm³/mol. The number of carbonyl (C=O) groups is 3. The van der Waals surface area contributed by atoms with Crippen molar-refractivity contribution < 1.29 is 19.1 Å². The molecule has 0 radical (unpaired) electrons. The molecule has 0 unspecified atom stereocenters. The SMILES string of the molecule is CC(C)(C)OC(=O)NCC(=O)N1CCC(NC(=O)/C=C/c2ccccc2)CC1. The third-order valence-electron chi connectivity index (χ3n) is 4.20. The molecule has 1 aliphatic rings. The van der Waals surface area contributed by atoms with Crippen LogP contribution in [-0.2, 0) is 14.3 Å². The minimum Gasteiger partial charge on any atom is -0.444 e. The van der Waals surface area contributed by atoms with E-state index in [9.17, 15) is 14.4 Å². The van der Waals surface area contributed by atoms with E-state index in [2.05, 4.69) is 10.6 Å². The zero-order valence-corrected chi connectivity index (χ0v) is 16.7. The highest BCUT2D eigenvalue weighted by Crippen LogP contribution is 2.11. The first-order chi connectivity index (χ1) is 13.2. The van der Waals surface area contributed by atoms with Crippen LogP contribution in [0.25, 0.3) is 6.08 Å². The summed E-state index contributed by atoms with van der Waals surface area (Å²) in [5.74, 6) is -0.292.